The molecule has 0 aromatic carbocycles. The molecule has 0 aromatic rings. The zero-order valence-electron chi connectivity index (χ0n) is 11.1. The highest BCUT2D eigenvalue weighted by atomic mass is 16.5. The third kappa shape index (κ3) is 5.01. The van der Waals surface area contributed by atoms with Crippen molar-refractivity contribution in [3.05, 3.63) is 0 Å². The fourth-order valence-electron chi connectivity index (χ4n) is 1.65. The van der Waals surface area contributed by atoms with E-state index in [9.17, 15) is 9.59 Å². The Morgan fingerprint density at radius 3 is 2.67 bits per heavy atom. The van der Waals surface area contributed by atoms with Gasteiger partial charge in [0.05, 0.1) is 19.2 Å². The Bertz CT molecular complexity index is 288. The lowest BCUT2D eigenvalue weighted by Crippen LogP contribution is -2.47. The lowest BCUT2D eigenvalue weighted by atomic mass is 10.1. The SMILES string of the molecule is CC(C)[C@H](N)C(=O)NCC(=O)NCC1CCOC1. The zero-order chi connectivity index (χ0) is 13.5. The maximum atomic E-state index is 11.5. The molecular weight excluding hydrogens is 234 g/mol. The van der Waals surface area contributed by atoms with Gasteiger partial charge in [-0.1, -0.05) is 13.8 Å². The average molecular weight is 257 g/mol. The summed E-state index contributed by atoms with van der Waals surface area (Å²) in [5, 5.41) is 5.31. The first-order valence-electron chi connectivity index (χ1n) is 6.38. The van der Waals surface area contributed by atoms with E-state index in [1.54, 1.807) is 0 Å². The molecule has 0 aromatic heterocycles. The van der Waals surface area contributed by atoms with E-state index in [0.29, 0.717) is 19.1 Å². The first-order valence-corrected chi connectivity index (χ1v) is 6.38. The number of hydrogen-bond acceptors (Lipinski definition) is 4. The van der Waals surface area contributed by atoms with Gasteiger partial charge >= 0.3 is 0 Å². The summed E-state index contributed by atoms with van der Waals surface area (Å²) >= 11 is 0. The number of amides is 2. The van der Waals surface area contributed by atoms with Crippen LogP contribution in [0.2, 0.25) is 0 Å². The van der Waals surface area contributed by atoms with Crippen LogP contribution >= 0.6 is 0 Å². The minimum Gasteiger partial charge on any atom is -0.381 e. The van der Waals surface area contributed by atoms with Crippen molar-refractivity contribution in [2.24, 2.45) is 17.6 Å². The molecule has 1 aliphatic rings. The lowest BCUT2D eigenvalue weighted by Gasteiger charge is -2.15. The van der Waals surface area contributed by atoms with Crippen LogP contribution in [0, 0.1) is 11.8 Å². The smallest absolute Gasteiger partial charge is 0.239 e. The molecule has 2 amide bonds. The Balaban J connectivity index is 2.14. The highest BCUT2D eigenvalue weighted by molar-refractivity contribution is 5.87. The lowest BCUT2D eigenvalue weighted by molar-refractivity contribution is -0.127. The third-order valence-corrected chi connectivity index (χ3v) is 3.06. The van der Waals surface area contributed by atoms with Gasteiger partial charge in [-0.2, -0.15) is 0 Å². The first kappa shape index (κ1) is 14.9. The van der Waals surface area contributed by atoms with Gasteiger partial charge in [-0.25, -0.2) is 0 Å². The fourth-order valence-corrected chi connectivity index (χ4v) is 1.65. The first-order chi connectivity index (χ1) is 8.50. The summed E-state index contributed by atoms with van der Waals surface area (Å²) in [5.41, 5.74) is 5.66. The van der Waals surface area contributed by atoms with E-state index in [1.807, 2.05) is 13.8 Å². The monoisotopic (exact) mass is 257 g/mol. The van der Waals surface area contributed by atoms with Crippen LogP contribution in [0.3, 0.4) is 0 Å². The Morgan fingerprint density at radius 1 is 1.39 bits per heavy atom. The van der Waals surface area contributed by atoms with Crippen LogP contribution in [0.15, 0.2) is 0 Å². The summed E-state index contributed by atoms with van der Waals surface area (Å²) in [6, 6.07) is -0.568. The minimum absolute atomic E-state index is 0.0210. The van der Waals surface area contributed by atoms with Crippen LogP contribution in [0.1, 0.15) is 20.3 Å². The van der Waals surface area contributed by atoms with E-state index >= 15 is 0 Å². The number of carbonyl (C=O) groups excluding carboxylic acids is 2. The van der Waals surface area contributed by atoms with Crippen molar-refractivity contribution >= 4 is 11.8 Å². The number of ether oxygens (including phenoxy) is 1. The summed E-state index contributed by atoms with van der Waals surface area (Å²) in [5.74, 6) is -0.0261. The second-order valence-corrected chi connectivity index (χ2v) is 5.02. The van der Waals surface area contributed by atoms with E-state index in [2.05, 4.69) is 10.6 Å². The number of nitrogens with one attached hydrogen (secondary N) is 2. The average Bonchev–Trinajstić information content (AvgIpc) is 2.85. The molecule has 1 fully saturated rings. The van der Waals surface area contributed by atoms with Gasteiger partial charge in [0, 0.05) is 19.1 Å². The van der Waals surface area contributed by atoms with E-state index in [1.165, 1.54) is 0 Å². The second-order valence-electron chi connectivity index (χ2n) is 5.02. The van der Waals surface area contributed by atoms with Crippen LogP contribution in [0.5, 0.6) is 0 Å². The van der Waals surface area contributed by atoms with Gasteiger partial charge in [-0.3, -0.25) is 9.59 Å². The topological polar surface area (TPSA) is 93.5 Å². The van der Waals surface area contributed by atoms with Crippen molar-refractivity contribution in [3.8, 4) is 0 Å². The van der Waals surface area contributed by atoms with E-state index in [-0.39, 0.29) is 24.3 Å². The molecule has 18 heavy (non-hydrogen) atoms. The number of rotatable bonds is 6. The van der Waals surface area contributed by atoms with Crippen molar-refractivity contribution < 1.29 is 14.3 Å². The molecule has 4 N–H and O–H groups in total. The van der Waals surface area contributed by atoms with Crippen LogP contribution in [0.25, 0.3) is 0 Å². The number of nitrogens with two attached hydrogens (primary N) is 1. The van der Waals surface area contributed by atoms with Crippen molar-refractivity contribution in [1.82, 2.24) is 10.6 Å². The predicted octanol–water partition coefficient (Wildman–Crippen LogP) is -0.761. The van der Waals surface area contributed by atoms with E-state index < -0.39 is 6.04 Å². The van der Waals surface area contributed by atoms with E-state index in [0.717, 1.165) is 13.0 Å². The van der Waals surface area contributed by atoms with Gasteiger partial charge < -0.3 is 21.1 Å². The van der Waals surface area contributed by atoms with Crippen molar-refractivity contribution in [2.75, 3.05) is 26.3 Å². The molecule has 0 aliphatic carbocycles. The molecule has 0 radical (unpaired) electrons. The summed E-state index contributed by atoms with van der Waals surface area (Å²) in [4.78, 5) is 23.0. The molecule has 1 saturated heterocycles. The molecule has 0 saturated carbocycles. The standard InChI is InChI=1S/C12H23N3O3/c1-8(2)11(13)12(17)15-6-10(16)14-5-9-3-4-18-7-9/h8-9,11H,3-7,13H2,1-2H3,(H,14,16)(H,15,17)/t9?,11-/m0/s1. The van der Waals surface area contributed by atoms with Gasteiger partial charge in [-0.15, -0.1) is 0 Å². The Hall–Kier alpha value is -1.14. The highest BCUT2D eigenvalue weighted by Crippen LogP contribution is 2.10. The zero-order valence-corrected chi connectivity index (χ0v) is 11.1. The Kier molecular flexibility index (Phi) is 6.07. The van der Waals surface area contributed by atoms with E-state index in [4.69, 9.17) is 10.5 Å². The largest absolute Gasteiger partial charge is 0.381 e. The molecule has 0 bridgehead atoms. The Morgan fingerprint density at radius 2 is 2.11 bits per heavy atom. The van der Waals surface area contributed by atoms with Gasteiger partial charge in [0.15, 0.2) is 0 Å². The third-order valence-electron chi connectivity index (χ3n) is 3.06. The van der Waals surface area contributed by atoms with Gasteiger partial charge in [0.2, 0.25) is 11.8 Å². The molecule has 1 aliphatic heterocycles. The van der Waals surface area contributed by atoms with Crippen molar-refractivity contribution in [1.29, 1.82) is 0 Å². The summed E-state index contributed by atoms with van der Waals surface area (Å²) < 4.78 is 5.21. The van der Waals surface area contributed by atoms with Crippen LogP contribution < -0.4 is 16.4 Å². The fraction of sp³-hybridized carbons (Fsp3) is 0.833. The molecule has 104 valence electrons. The maximum Gasteiger partial charge on any atom is 0.239 e. The number of hydrogen-bond donors (Lipinski definition) is 3. The molecule has 6 heteroatoms. The molecular formula is C12H23N3O3. The highest BCUT2D eigenvalue weighted by Gasteiger charge is 2.19. The quantitative estimate of drug-likeness (QED) is 0.583. The molecule has 6 nitrogen and oxygen atoms in total. The molecule has 1 heterocycles. The van der Waals surface area contributed by atoms with Gasteiger partial charge in [-0.05, 0) is 12.3 Å². The maximum absolute atomic E-state index is 11.5. The molecule has 0 spiro atoms. The minimum atomic E-state index is -0.568. The molecule has 1 rings (SSSR count). The van der Waals surface area contributed by atoms with Crippen LogP contribution in [-0.4, -0.2) is 44.2 Å². The molecule has 1 unspecified atom stereocenters. The summed E-state index contributed by atoms with van der Waals surface area (Å²) in [6.07, 6.45) is 0.977. The predicted molar refractivity (Wildman–Crippen MR) is 67.8 cm³/mol. The van der Waals surface area contributed by atoms with Crippen LogP contribution in [-0.2, 0) is 14.3 Å². The van der Waals surface area contributed by atoms with Crippen molar-refractivity contribution in [3.63, 3.8) is 0 Å². The second kappa shape index (κ2) is 7.33. The molecule has 2 atom stereocenters. The van der Waals surface area contributed by atoms with Gasteiger partial charge in [0.25, 0.3) is 0 Å². The van der Waals surface area contributed by atoms with Gasteiger partial charge in [0.1, 0.15) is 0 Å². The normalized spacial score (nSPS) is 20.8. The summed E-state index contributed by atoms with van der Waals surface area (Å²) in [7, 11) is 0. The number of carbonyl (C=O) groups is 2. The van der Waals surface area contributed by atoms with Crippen LogP contribution in [0.4, 0.5) is 0 Å². The van der Waals surface area contributed by atoms with Crippen molar-refractivity contribution in [2.45, 2.75) is 26.3 Å². The summed E-state index contributed by atoms with van der Waals surface area (Å²) in [6.45, 7) is 5.78. The Labute approximate surface area is 108 Å².